The molecule has 2 aromatic rings. The van der Waals surface area contributed by atoms with Gasteiger partial charge in [-0.15, -0.1) is 0 Å². The highest BCUT2D eigenvalue weighted by Gasteiger charge is 2.14. The summed E-state index contributed by atoms with van der Waals surface area (Å²) in [4.78, 5) is 0. The summed E-state index contributed by atoms with van der Waals surface area (Å²) in [6.45, 7) is 8.83. The van der Waals surface area contributed by atoms with Crippen molar-refractivity contribution in [2.24, 2.45) is 0 Å². The largest absolute Gasteiger partial charge is 0.496 e. The molecule has 17 heavy (non-hydrogen) atoms. The number of aryl methyl sites for hydroxylation is 1. The maximum absolute atomic E-state index is 5.35. The zero-order valence-corrected chi connectivity index (χ0v) is 11.3. The average molecular weight is 228 g/mol. The lowest BCUT2D eigenvalue weighted by Crippen LogP contribution is -2.10. The predicted octanol–water partition coefficient (Wildman–Crippen LogP) is 4.45. The van der Waals surface area contributed by atoms with E-state index in [1.54, 1.807) is 7.11 Å². The van der Waals surface area contributed by atoms with E-state index in [-0.39, 0.29) is 5.41 Å². The molecule has 90 valence electrons. The lowest BCUT2D eigenvalue weighted by Gasteiger charge is -2.20. The molecule has 0 fully saturated rings. The summed E-state index contributed by atoms with van der Waals surface area (Å²) in [5, 5.41) is 2.56. The molecule has 2 aromatic carbocycles. The van der Waals surface area contributed by atoms with Crippen molar-refractivity contribution < 1.29 is 4.74 Å². The van der Waals surface area contributed by atoms with Gasteiger partial charge in [-0.25, -0.2) is 0 Å². The zero-order chi connectivity index (χ0) is 12.6. The number of hydrogen-bond donors (Lipinski definition) is 0. The van der Waals surface area contributed by atoms with Crippen LogP contribution in [0.4, 0.5) is 0 Å². The van der Waals surface area contributed by atoms with Crippen molar-refractivity contribution in [3.63, 3.8) is 0 Å². The van der Waals surface area contributed by atoms with E-state index in [4.69, 9.17) is 4.74 Å². The van der Waals surface area contributed by atoms with Gasteiger partial charge >= 0.3 is 0 Å². The topological polar surface area (TPSA) is 9.23 Å². The van der Waals surface area contributed by atoms with Gasteiger partial charge < -0.3 is 4.74 Å². The Kier molecular flexibility index (Phi) is 2.86. The van der Waals surface area contributed by atoms with Gasteiger partial charge in [0, 0.05) is 0 Å². The molecule has 0 aliphatic carbocycles. The molecule has 0 aromatic heterocycles. The maximum atomic E-state index is 5.35. The lowest BCUT2D eigenvalue weighted by atomic mass is 9.85. The van der Waals surface area contributed by atoms with E-state index < -0.39 is 0 Å². The molecule has 0 saturated carbocycles. The third kappa shape index (κ3) is 2.14. The fourth-order valence-electron chi connectivity index (χ4n) is 2.15. The average Bonchev–Trinajstić information content (AvgIpc) is 2.28. The second-order valence-electron chi connectivity index (χ2n) is 5.58. The van der Waals surface area contributed by atoms with Crippen LogP contribution in [-0.2, 0) is 5.41 Å². The van der Waals surface area contributed by atoms with Crippen LogP contribution in [0.15, 0.2) is 30.3 Å². The van der Waals surface area contributed by atoms with Crippen LogP contribution in [0, 0.1) is 6.92 Å². The molecule has 0 saturated heterocycles. The molecule has 0 amide bonds. The minimum Gasteiger partial charge on any atom is -0.496 e. The van der Waals surface area contributed by atoms with E-state index in [9.17, 15) is 0 Å². The predicted molar refractivity (Wildman–Crippen MR) is 73.9 cm³/mol. The fourth-order valence-corrected chi connectivity index (χ4v) is 2.15. The molecule has 0 atom stereocenters. The summed E-state index contributed by atoms with van der Waals surface area (Å²) < 4.78 is 5.35. The van der Waals surface area contributed by atoms with Gasteiger partial charge in [-0.2, -0.15) is 0 Å². The molecule has 0 N–H and O–H groups in total. The number of benzene rings is 2. The monoisotopic (exact) mass is 228 g/mol. The summed E-state index contributed by atoms with van der Waals surface area (Å²) in [7, 11) is 1.72. The van der Waals surface area contributed by atoms with E-state index >= 15 is 0 Å². The number of hydrogen-bond acceptors (Lipinski definition) is 1. The van der Waals surface area contributed by atoms with E-state index in [0.717, 1.165) is 5.75 Å². The highest BCUT2D eigenvalue weighted by Crippen LogP contribution is 2.31. The first-order valence-corrected chi connectivity index (χ1v) is 6.01. The first-order chi connectivity index (χ1) is 7.93. The molecule has 0 aliphatic heterocycles. The first-order valence-electron chi connectivity index (χ1n) is 6.01. The number of ether oxygens (including phenoxy) is 1. The van der Waals surface area contributed by atoms with Gasteiger partial charge in [0.1, 0.15) is 5.75 Å². The quantitative estimate of drug-likeness (QED) is 0.700. The minimum atomic E-state index is 0.196. The number of rotatable bonds is 1. The third-order valence-electron chi connectivity index (χ3n) is 3.33. The van der Waals surface area contributed by atoms with Crippen LogP contribution in [0.5, 0.6) is 5.75 Å². The molecule has 0 aliphatic rings. The summed E-state index contributed by atoms with van der Waals surface area (Å²) in [5.41, 5.74) is 2.78. The van der Waals surface area contributed by atoms with Gasteiger partial charge in [0.15, 0.2) is 0 Å². The minimum absolute atomic E-state index is 0.196. The van der Waals surface area contributed by atoms with E-state index in [2.05, 4.69) is 52.0 Å². The van der Waals surface area contributed by atoms with Gasteiger partial charge in [-0.05, 0) is 40.3 Å². The summed E-state index contributed by atoms with van der Waals surface area (Å²) in [6, 6.07) is 10.9. The normalized spacial score (nSPS) is 11.8. The second-order valence-corrected chi connectivity index (χ2v) is 5.58. The van der Waals surface area contributed by atoms with E-state index in [1.807, 2.05) is 6.07 Å². The Hall–Kier alpha value is -1.50. The Bertz CT molecular complexity index is 547. The van der Waals surface area contributed by atoms with Crippen molar-refractivity contribution in [1.29, 1.82) is 0 Å². The van der Waals surface area contributed by atoms with Crippen molar-refractivity contribution >= 4 is 10.8 Å². The van der Waals surface area contributed by atoms with Crippen LogP contribution in [0.1, 0.15) is 31.9 Å². The number of methoxy groups -OCH3 is 1. The van der Waals surface area contributed by atoms with Gasteiger partial charge in [0.25, 0.3) is 0 Å². The highest BCUT2D eigenvalue weighted by molar-refractivity contribution is 5.88. The van der Waals surface area contributed by atoms with Gasteiger partial charge in [-0.3, -0.25) is 0 Å². The van der Waals surface area contributed by atoms with Crippen LogP contribution < -0.4 is 4.74 Å². The van der Waals surface area contributed by atoms with Crippen molar-refractivity contribution in [1.82, 2.24) is 0 Å². The second kappa shape index (κ2) is 4.06. The lowest BCUT2D eigenvalue weighted by molar-refractivity contribution is 0.412. The molecule has 0 radical (unpaired) electrons. The Morgan fingerprint density at radius 3 is 2.29 bits per heavy atom. The first kappa shape index (κ1) is 12.0. The standard InChI is InChI=1S/C16H20O/c1-11-14-8-7-13(16(2,3)4)10-12(14)6-9-15(11)17-5/h6-10H,1-5H3. The summed E-state index contributed by atoms with van der Waals surface area (Å²) >= 11 is 0. The van der Waals surface area contributed by atoms with E-state index in [0.29, 0.717) is 0 Å². The van der Waals surface area contributed by atoms with Crippen LogP contribution in [-0.4, -0.2) is 7.11 Å². The fraction of sp³-hybridized carbons (Fsp3) is 0.375. The molecule has 0 unspecified atom stereocenters. The molecular formula is C16H20O. The Morgan fingerprint density at radius 1 is 1.00 bits per heavy atom. The molecule has 1 nitrogen and oxygen atoms in total. The summed E-state index contributed by atoms with van der Waals surface area (Å²) in [6.07, 6.45) is 0. The van der Waals surface area contributed by atoms with Crippen molar-refractivity contribution in [3.8, 4) is 5.75 Å². The van der Waals surface area contributed by atoms with Crippen molar-refractivity contribution in [2.75, 3.05) is 7.11 Å². The van der Waals surface area contributed by atoms with E-state index in [1.165, 1.54) is 21.9 Å². The Labute approximate surface area is 103 Å². The van der Waals surface area contributed by atoms with Gasteiger partial charge in [0.05, 0.1) is 7.11 Å². The highest BCUT2D eigenvalue weighted by atomic mass is 16.5. The Balaban J connectivity index is 2.66. The van der Waals surface area contributed by atoms with Gasteiger partial charge in [-0.1, -0.05) is 45.0 Å². The van der Waals surface area contributed by atoms with Crippen molar-refractivity contribution in [3.05, 3.63) is 41.5 Å². The van der Waals surface area contributed by atoms with Crippen LogP contribution in [0.25, 0.3) is 10.8 Å². The number of fused-ring (bicyclic) bond motifs is 1. The molecular weight excluding hydrogens is 208 g/mol. The van der Waals surface area contributed by atoms with Crippen LogP contribution >= 0.6 is 0 Å². The maximum Gasteiger partial charge on any atom is 0.122 e. The molecule has 2 rings (SSSR count). The molecule has 1 heteroatoms. The molecule has 0 bridgehead atoms. The SMILES string of the molecule is COc1ccc2cc(C(C)(C)C)ccc2c1C. The van der Waals surface area contributed by atoms with Crippen molar-refractivity contribution in [2.45, 2.75) is 33.1 Å². The molecule has 0 heterocycles. The molecule has 0 spiro atoms. The smallest absolute Gasteiger partial charge is 0.122 e. The Morgan fingerprint density at radius 2 is 1.71 bits per heavy atom. The third-order valence-corrected chi connectivity index (χ3v) is 3.33. The van der Waals surface area contributed by atoms with Crippen LogP contribution in [0.2, 0.25) is 0 Å². The van der Waals surface area contributed by atoms with Gasteiger partial charge in [0.2, 0.25) is 0 Å². The summed E-state index contributed by atoms with van der Waals surface area (Å²) in [5.74, 6) is 0.959. The zero-order valence-electron chi connectivity index (χ0n) is 11.3. The van der Waals surface area contributed by atoms with Crippen LogP contribution in [0.3, 0.4) is 0 Å².